The first kappa shape index (κ1) is 77.8. The number of hydrogen-bond donors (Lipinski definition) is 1. The van der Waals surface area contributed by atoms with Gasteiger partial charge in [-0.05, 0) is 44.9 Å². The molecule has 2 atom stereocenters. The second kappa shape index (κ2) is 62.8. The number of quaternary nitrogens is 1. The van der Waals surface area contributed by atoms with E-state index in [4.69, 9.17) is 18.9 Å². The Morgan fingerprint density at radius 3 is 1.00 bits per heavy atom. The Morgan fingerprint density at radius 1 is 0.375 bits per heavy atom. The summed E-state index contributed by atoms with van der Waals surface area (Å²) in [6.45, 7) is 4.90. The molecule has 0 aromatic heterocycles. The van der Waals surface area contributed by atoms with Crippen LogP contribution in [0.4, 0.5) is 0 Å². The van der Waals surface area contributed by atoms with Crippen molar-refractivity contribution in [2.24, 2.45) is 0 Å². The van der Waals surface area contributed by atoms with Gasteiger partial charge in [-0.15, -0.1) is 0 Å². The minimum Gasteiger partial charge on any atom is -0.477 e. The Kier molecular flexibility index (Phi) is 61.1. The number of carbonyl (C=O) groups excluding carboxylic acids is 2. The van der Waals surface area contributed by atoms with E-state index in [2.05, 4.69) is 38.2 Å². The van der Waals surface area contributed by atoms with Crippen LogP contribution in [0.3, 0.4) is 0 Å². The maximum Gasteiger partial charge on any atom is 0.361 e. The van der Waals surface area contributed by atoms with E-state index in [1.165, 1.54) is 263 Å². The van der Waals surface area contributed by atoms with E-state index < -0.39 is 24.3 Å². The molecule has 0 spiro atoms. The van der Waals surface area contributed by atoms with E-state index in [1.807, 2.05) is 21.1 Å². The van der Waals surface area contributed by atoms with Gasteiger partial charge in [-0.1, -0.05) is 321 Å². The van der Waals surface area contributed by atoms with Crippen LogP contribution in [0.1, 0.15) is 354 Å². The lowest BCUT2D eigenvalue weighted by Gasteiger charge is -2.25. The van der Waals surface area contributed by atoms with Gasteiger partial charge in [0.15, 0.2) is 6.10 Å². The maximum absolute atomic E-state index is 12.9. The van der Waals surface area contributed by atoms with E-state index in [0.717, 1.165) is 57.8 Å². The number of carbonyl (C=O) groups is 3. The quantitative estimate of drug-likeness (QED) is 0.0211. The van der Waals surface area contributed by atoms with Gasteiger partial charge in [-0.3, -0.25) is 9.59 Å². The molecular formula is C71H136NO8+. The average Bonchev–Trinajstić information content (AvgIpc) is 3.43. The maximum atomic E-state index is 12.9. The Labute approximate surface area is 497 Å². The van der Waals surface area contributed by atoms with Crippen LogP contribution in [0.2, 0.25) is 0 Å². The predicted octanol–water partition coefficient (Wildman–Crippen LogP) is 21.4. The van der Waals surface area contributed by atoms with Crippen molar-refractivity contribution >= 4 is 17.9 Å². The molecule has 0 radical (unpaired) electrons. The van der Waals surface area contributed by atoms with Gasteiger partial charge < -0.3 is 28.5 Å². The van der Waals surface area contributed by atoms with Crippen molar-refractivity contribution in [1.29, 1.82) is 0 Å². The van der Waals surface area contributed by atoms with Crippen molar-refractivity contribution in [2.45, 2.75) is 367 Å². The molecule has 0 aromatic rings. The second-order valence-corrected chi connectivity index (χ2v) is 25.2. The van der Waals surface area contributed by atoms with Crippen LogP contribution in [-0.4, -0.2) is 87.4 Å². The summed E-state index contributed by atoms with van der Waals surface area (Å²) in [6.07, 6.45) is 74.7. The molecule has 0 aliphatic rings. The molecule has 80 heavy (non-hydrogen) atoms. The number of allylic oxidation sites excluding steroid dienone is 4. The highest BCUT2D eigenvalue weighted by Crippen LogP contribution is 2.19. The molecule has 9 heteroatoms. The van der Waals surface area contributed by atoms with Gasteiger partial charge in [0.05, 0.1) is 34.4 Å². The van der Waals surface area contributed by atoms with E-state index in [0.29, 0.717) is 23.9 Å². The minimum absolute atomic E-state index is 0.183. The van der Waals surface area contributed by atoms with Crippen LogP contribution < -0.4 is 0 Å². The molecule has 0 fully saturated rings. The lowest BCUT2D eigenvalue weighted by Crippen LogP contribution is -2.40. The van der Waals surface area contributed by atoms with Crippen LogP contribution in [-0.2, 0) is 33.3 Å². The number of ether oxygens (including phenoxy) is 4. The van der Waals surface area contributed by atoms with E-state index in [1.54, 1.807) is 0 Å². The fourth-order valence-electron chi connectivity index (χ4n) is 10.6. The van der Waals surface area contributed by atoms with Gasteiger partial charge in [0.2, 0.25) is 0 Å². The number of hydrogen-bond acceptors (Lipinski definition) is 7. The first-order valence-corrected chi connectivity index (χ1v) is 35.0. The first-order valence-electron chi connectivity index (χ1n) is 35.0. The number of esters is 2. The van der Waals surface area contributed by atoms with Gasteiger partial charge in [-0.2, -0.15) is 0 Å². The fraction of sp³-hybridized carbons (Fsp3) is 0.901. The third kappa shape index (κ3) is 63.4. The highest BCUT2D eigenvalue weighted by molar-refractivity contribution is 5.71. The van der Waals surface area contributed by atoms with Crippen molar-refractivity contribution < 1.29 is 42.9 Å². The molecule has 472 valence electrons. The molecule has 0 rings (SSSR count). The molecule has 0 heterocycles. The summed E-state index contributed by atoms with van der Waals surface area (Å²) in [7, 11) is 5.98. The van der Waals surface area contributed by atoms with Crippen LogP contribution in [0, 0.1) is 0 Å². The molecule has 0 amide bonds. The molecule has 0 aliphatic heterocycles. The van der Waals surface area contributed by atoms with Gasteiger partial charge in [0.25, 0.3) is 6.29 Å². The van der Waals surface area contributed by atoms with Crippen LogP contribution in [0.25, 0.3) is 0 Å². The van der Waals surface area contributed by atoms with Crippen LogP contribution >= 0.6 is 0 Å². The zero-order valence-corrected chi connectivity index (χ0v) is 54.0. The van der Waals surface area contributed by atoms with E-state index >= 15 is 0 Å². The molecule has 0 bridgehead atoms. The molecule has 2 unspecified atom stereocenters. The Hall–Kier alpha value is -2.23. The normalized spacial score (nSPS) is 12.8. The predicted molar refractivity (Wildman–Crippen MR) is 341 cm³/mol. The Bertz CT molecular complexity index is 1360. The second-order valence-electron chi connectivity index (χ2n) is 25.2. The van der Waals surface area contributed by atoms with Gasteiger partial charge >= 0.3 is 17.9 Å². The zero-order chi connectivity index (χ0) is 58.3. The number of likely N-dealkylation sites (N-methyl/N-ethyl adjacent to an activating group) is 1. The van der Waals surface area contributed by atoms with Crippen LogP contribution in [0.15, 0.2) is 24.3 Å². The number of rotatable bonds is 66. The van der Waals surface area contributed by atoms with Crippen molar-refractivity contribution in [2.75, 3.05) is 47.5 Å². The third-order valence-corrected chi connectivity index (χ3v) is 16.0. The number of aliphatic carboxylic acids is 1. The summed E-state index contributed by atoms with van der Waals surface area (Å²) in [4.78, 5) is 37.5. The highest BCUT2D eigenvalue weighted by atomic mass is 16.7. The molecule has 0 aromatic carbocycles. The van der Waals surface area contributed by atoms with Crippen molar-refractivity contribution in [3.8, 4) is 0 Å². The van der Waals surface area contributed by atoms with Crippen LogP contribution in [0.5, 0.6) is 0 Å². The average molecular weight is 1130 g/mol. The first-order chi connectivity index (χ1) is 39.1. The molecule has 0 saturated carbocycles. The summed E-state index contributed by atoms with van der Waals surface area (Å²) in [5.74, 6) is -2.00. The summed E-state index contributed by atoms with van der Waals surface area (Å²) in [6, 6.07) is 0. The monoisotopic (exact) mass is 1130 g/mol. The standard InChI is InChI=1S/C71H135NO8/c1-6-8-10-12-14-16-18-20-22-24-25-26-27-28-29-30-31-32-33-34-35-36-37-38-39-40-41-42-43-44-45-46-48-49-51-53-55-57-59-61-68(73)78-65-67(66-79-71(70(75)76)77-64-63-72(3,4)5)80-69(74)62-60-58-56-54-52-50-47-23-21-19-17-15-13-11-9-7-2/h17,19,23,47,67,71H,6-16,18,20-22,24-46,48-66H2,1-5H3/p+1/b19-17-,47-23-. The summed E-state index contributed by atoms with van der Waals surface area (Å²) < 4.78 is 22.9. The molecule has 0 aliphatic carbocycles. The Morgan fingerprint density at radius 2 is 0.675 bits per heavy atom. The topological polar surface area (TPSA) is 108 Å². The largest absolute Gasteiger partial charge is 0.477 e. The lowest BCUT2D eigenvalue weighted by molar-refractivity contribution is -0.870. The molecular weight excluding hydrogens is 995 g/mol. The van der Waals surface area contributed by atoms with Gasteiger partial charge in [-0.25, -0.2) is 4.79 Å². The third-order valence-electron chi connectivity index (χ3n) is 16.0. The summed E-state index contributed by atoms with van der Waals surface area (Å²) in [5.41, 5.74) is 0. The molecule has 9 nitrogen and oxygen atoms in total. The van der Waals surface area contributed by atoms with Crippen molar-refractivity contribution in [3.05, 3.63) is 24.3 Å². The van der Waals surface area contributed by atoms with Gasteiger partial charge in [0.1, 0.15) is 13.2 Å². The van der Waals surface area contributed by atoms with Crippen molar-refractivity contribution in [3.63, 3.8) is 0 Å². The lowest BCUT2D eigenvalue weighted by atomic mass is 10.0. The zero-order valence-electron chi connectivity index (χ0n) is 54.0. The minimum atomic E-state index is -1.51. The number of unbranched alkanes of at least 4 members (excludes halogenated alkanes) is 47. The summed E-state index contributed by atoms with van der Waals surface area (Å²) in [5, 5.41) is 9.71. The Balaban J connectivity index is 3.90. The SMILES string of the molecule is CCCCCC/C=C\C/C=C\CCCCCCCC(=O)OC(COC(=O)CCCCCCCCCCCCCCCCCCCCCCCCCCCCCCCCCCCCCCCCC)COC(OCC[N+](C)(C)C)C(=O)O. The number of carboxylic acids is 1. The van der Waals surface area contributed by atoms with E-state index in [9.17, 15) is 19.5 Å². The molecule has 1 N–H and O–H groups in total. The number of carboxylic acid groups (broad SMARTS) is 1. The summed E-state index contributed by atoms with van der Waals surface area (Å²) >= 11 is 0. The number of nitrogens with zero attached hydrogens (tertiary/aromatic N) is 1. The van der Waals surface area contributed by atoms with E-state index in [-0.39, 0.29) is 32.2 Å². The fourth-order valence-corrected chi connectivity index (χ4v) is 10.6. The highest BCUT2D eigenvalue weighted by Gasteiger charge is 2.25. The van der Waals surface area contributed by atoms with Gasteiger partial charge in [0, 0.05) is 12.8 Å². The molecule has 0 saturated heterocycles. The smallest absolute Gasteiger partial charge is 0.361 e. The van der Waals surface area contributed by atoms with Crippen molar-refractivity contribution in [1.82, 2.24) is 0 Å².